The maximum absolute atomic E-state index is 12.2. The van der Waals surface area contributed by atoms with Crippen LogP contribution in [-0.4, -0.2) is 38.7 Å². The summed E-state index contributed by atoms with van der Waals surface area (Å²) in [5, 5.41) is 3.91. The van der Waals surface area contributed by atoms with Crippen LogP contribution in [0, 0.1) is 13.8 Å². The molecule has 1 saturated heterocycles. The summed E-state index contributed by atoms with van der Waals surface area (Å²) >= 11 is 5.58. The number of carbonyl (C=O) groups excluding carboxylic acids is 1. The zero-order valence-corrected chi connectivity index (χ0v) is 17.0. The zero-order valence-electron chi connectivity index (χ0n) is 16.2. The molecule has 0 amide bonds. The van der Waals surface area contributed by atoms with Crippen molar-refractivity contribution in [2.24, 2.45) is 0 Å². The van der Waals surface area contributed by atoms with Crippen molar-refractivity contribution in [3.05, 3.63) is 53.1 Å². The number of rotatable bonds is 6. The third-order valence-corrected chi connectivity index (χ3v) is 5.40. The van der Waals surface area contributed by atoms with E-state index in [4.69, 9.17) is 17.0 Å². The number of hydrogen-bond acceptors (Lipinski definition) is 4. The second-order valence-electron chi connectivity index (χ2n) is 6.63. The molecule has 2 aromatic heterocycles. The Labute approximate surface area is 165 Å². The van der Waals surface area contributed by atoms with Crippen LogP contribution in [0.5, 0.6) is 0 Å². The highest BCUT2D eigenvalue weighted by Gasteiger charge is 2.42. The van der Waals surface area contributed by atoms with Crippen molar-refractivity contribution < 1.29 is 9.53 Å². The van der Waals surface area contributed by atoms with Crippen LogP contribution in [-0.2, 0) is 16.1 Å². The van der Waals surface area contributed by atoms with E-state index in [2.05, 4.69) is 41.7 Å². The quantitative estimate of drug-likeness (QED) is 0.608. The summed E-state index contributed by atoms with van der Waals surface area (Å²) in [4.78, 5) is 18.7. The minimum atomic E-state index is -0.280. The van der Waals surface area contributed by atoms with Crippen LogP contribution in [0.1, 0.15) is 48.6 Å². The lowest BCUT2D eigenvalue weighted by molar-refractivity contribution is -0.143. The van der Waals surface area contributed by atoms with E-state index in [1.54, 1.807) is 6.20 Å². The number of pyridine rings is 1. The minimum Gasteiger partial charge on any atom is -0.465 e. The molecule has 2 aromatic rings. The molecule has 6 nitrogen and oxygen atoms in total. The summed E-state index contributed by atoms with van der Waals surface area (Å²) in [5.41, 5.74) is 4.43. The molecule has 1 aliphatic rings. The molecule has 0 bridgehead atoms. The first kappa shape index (κ1) is 19.4. The Balaban J connectivity index is 2.05. The molecular weight excluding hydrogens is 360 g/mol. The molecule has 0 aromatic carbocycles. The monoisotopic (exact) mass is 386 g/mol. The molecular formula is C20H26N4O2S. The molecule has 0 unspecified atom stereocenters. The average Bonchev–Trinajstić information content (AvgIpc) is 3.12. The second kappa shape index (κ2) is 8.08. The van der Waals surface area contributed by atoms with Gasteiger partial charge in [0.1, 0.15) is 6.54 Å². The van der Waals surface area contributed by atoms with E-state index in [1.165, 1.54) is 11.4 Å². The van der Waals surface area contributed by atoms with Gasteiger partial charge < -0.3 is 19.5 Å². The molecule has 0 spiro atoms. The Morgan fingerprint density at radius 3 is 2.70 bits per heavy atom. The van der Waals surface area contributed by atoms with Gasteiger partial charge in [0.25, 0.3) is 0 Å². The molecule has 1 fully saturated rings. The van der Waals surface area contributed by atoms with Crippen molar-refractivity contribution >= 4 is 23.3 Å². The topological polar surface area (TPSA) is 59.4 Å². The van der Waals surface area contributed by atoms with Crippen LogP contribution in [0.25, 0.3) is 0 Å². The van der Waals surface area contributed by atoms with Gasteiger partial charge >= 0.3 is 5.97 Å². The van der Waals surface area contributed by atoms with E-state index < -0.39 is 0 Å². The highest BCUT2D eigenvalue weighted by Crippen LogP contribution is 2.40. The van der Waals surface area contributed by atoms with Crippen molar-refractivity contribution in [3.63, 3.8) is 0 Å². The first-order valence-corrected chi connectivity index (χ1v) is 9.69. The van der Waals surface area contributed by atoms with E-state index in [9.17, 15) is 4.79 Å². The lowest BCUT2D eigenvalue weighted by Crippen LogP contribution is -2.35. The number of carbonyl (C=O) groups is 1. The summed E-state index contributed by atoms with van der Waals surface area (Å²) in [7, 11) is 0. The largest absolute Gasteiger partial charge is 0.465 e. The lowest BCUT2D eigenvalue weighted by Gasteiger charge is -2.27. The van der Waals surface area contributed by atoms with Gasteiger partial charge in [-0.25, -0.2) is 0 Å². The van der Waals surface area contributed by atoms with E-state index in [0.717, 1.165) is 17.8 Å². The van der Waals surface area contributed by atoms with Crippen LogP contribution in [0.15, 0.2) is 30.5 Å². The van der Waals surface area contributed by atoms with Gasteiger partial charge in [-0.1, -0.05) is 6.07 Å². The van der Waals surface area contributed by atoms with Gasteiger partial charge in [-0.15, -0.1) is 0 Å². The molecule has 3 rings (SSSR count). The van der Waals surface area contributed by atoms with E-state index in [0.29, 0.717) is 11.7 Å². The Bertz CT molecular complexity index is 834. The number of nitrogens with one attached hydrogen (secondary N) is 1. The van der Waals surface area contributed by atoms with Crippen LogP contribution in [0.3, 0.4) is 0 Å². The summed E-state index contributed by atoms with van der Waals surface area (Å²) in [6.45, 7) is 9.52. The fraction of sp³-hybridized carbons (Fsp3) is 0.450. The summed E-state index contributed by atoms with van der Waals surface area (Å²) in [6, 6.07) is 7.79. The van der Waals surface area contributed by atoms with Crippen molar-refractivity contribution in [3.8, 4) is 0 Å². The van der Waals surface area contributed by atoms with Crippen LogP contribution in [0.4, 0.5) is 0 Å². The third kappa shape index (κ3) is 3.69. The molecule has 0 aliphatic carbocycles. The van der Waals surface area contributed by atoms with Crippen molar-refractivity contribution in [2.45, 2.75) is 46.3 Å². The summed E-state index contributed by atoms with van der Waals surface area (Å²) < 4.78 is 7.44. The molecule has 1 aliphatic heterocycles. The Kier molecular flexibility index (Phi) is 5.79. The molecule has 144 valence electrons. The Morgan fingerprint density at radius 2 is 2.11 bits per heavy atom. The fourth-order valence-corrected chi connectivity index (χ4v) is 4.18. The molecule has 0 radical (unpaired) electrons. The maximum Gasteiger partial charge on any atom is 0.325 e. The zero-order chi connectivity index (χ0) is 19.6. The number of ether oxygens (including phenoxy) is 1. The SMILES string of the molecule is CCOC(=O)CN1C(=S)N[C@H](c2ccccn2)[C@@H]1c1cc(C)n(CC)c1C. The van der Waals surface area contributed by atoms with E-state index >= 15 is 0 Å². The first-order chi connectivity index (χ1) is 13.0. The van der Waals surface area contributed by atoms with Gasteiger partial charge in [-0.05, 0) is 63.7 Å². The van der Waals surface area contributed by atoms with Crippen molar-refractivity contribution in [2.75, 3.05) is 13.2 Å². The standard InChI is InChI=1S/C20H26N4O2S/c1-5-23-13(3)11-15(14(23)4)19-18(16-9-7-8-10-21-16)22-20(27)24(19)12-17(25)26-6-2/h7-11,18-19H,5-6,12H2,1-4H3,(H,22,27)/t18-,19+/m1/s1. The van der Waals surface area contributed by atoms with Gasteiger partial charge in [-0.3, -0.25) is 9.78 Å². The van der Waals surface area contributed by atoms with E-state index in [-0.39, 0.29) is 24.6 Å². The number of aryl methyl sites for hydroxylation is 1. The molecule has 2 atom stereocenters. The Morgan fingerprint density at radius 1 is 1.33 bits per heavy atom. The van der Waals surface area contributed by atoms with Gasteiger partial charge in [0.15, 0.2) is 5.11 Å². The highest BCUT2D eigenvalue weighted by molar-refractivity contribution is 7.80. The average molecular weight is 387 g/mol. The molecule has 0 saturated carbocycles. The number of hydrogen-bond donors (Lipinski definition) is 1. The summed E-state index contributed by atoms with van der Waals surface area (Å²) in [6.07, 6.45) is 1.78. The molecule has 27 heavy (non-hydrogen) atoms. The van der Waals surface area contributed by atoms with Crippen LogP contribution < -0.4 is 5.32 Å². The third-order valence-electron chi connectivity index (χ3n) is 5.05. The van der Waals surface area contributed by atoms with Crippen LogP contribution >= 0.6 is 12.2 Å². The predicted molar refractivity (Wildman–Crippen MR) is 108 cm³/mol. The van der Waals surface area contributed by atoms with Gasteiger partial charge in [0.2, 0.25) is 0 Å². The van der Waals surface area contributed by atoms with E-state index in [1.807, 2.05) is 30.0 Å². The molecule has 3 heterocycles. The second-order valence-corrected chi connectivity index (χ2v) is 7.02. The van der Waals surface area contributed by atoms with Crippen molar-refractivity contribution in [1.29, 1.82) is 0 Å². The van der Waals surface area contributed by atoms with Crippen LogP contribution in [0.2, 0.25) is 0 Å². The van der Waals surface area contributed by atoms with Gasteiger partial charge in [0.05, 0.1) is 24.4 Å². The van der Waals surface area contributed by atoms with Gasteiger partial charge in [0, 0.05) is 24.1 Å². The molecule has 7 heteroatoms. The number of esters is 1. The van der Waals surface area contributed by atoms with Gasteiger partial charge in [-0.2, -0.15) is 0 Å². The number of aromatic nitrogens is 2. The fourth-order valence-electron chi connectivity index (χ4n) is 3.87. The highest BCUT2D eigenvalue weighted by atomic mass is 32.1. The number of thiocarbonyl (C=S) groups is 1. The summed E-state index contributed by atoms with van der Waals surface area (Å²) in [5.74, 6) is -0.280. The predicted octanol–water partition coefficient (Wildman–Crippen LogP) is 3.06. The lowest BCUT2D eigenvalue weighted by atomic mass is 9.97. The normalized spacial score (nSPS) is 19.3. The minimum absolute atomic E-state index is 0.115. The first-order valence-electron chi connectivity index (χ1n) is 9.28. The van der Waals surface area contributed by atoms with Crippen molar-refractivity contribution in [1.82, 2.24) is 19.8 Å². The Hall–Kier alpha value is -2.41. The molecule has 1 N–H and O–H groups in total. The number of nitrogens with zero attached hydrogens (tertiary/aromatic N) is 3. The smallest absolute Gasteiger partial charge is 0.325 e. The maximum atomic E-state index is 12.2.